The molecule has 0 unspecified atom stereocenters. The van der Waals surface area contributed by atoms with Gasteiger partial charge in [0.1, 0.15) is 0 Å². The van der Waals surface area contributed by atoms with Crippen LogP contribution >= 0.6 is 0 Å². The van der Waals surface area contributed by atoms with Crippen LogP contribution in [0.15, 0.2) is 23.8 Å². The molecule has 1 saturated heterocycles. The van der Waals surface area contributed by atoms with Crippen LogP contribution in [0.2, 0.25) is 18.1 Å². The number of carbonyl (C=O) groups is 2. The van der Waals surface area contributed by atoms with Gasteiger partial charge in [-0.3, -0.25) is 9.59 Å². The Kier molecular flexibility index (Phi) is 4.77. The summed E-state index contributed by atoms with van der Waals surface area (Å²) in [6.07, 6.45) is 6.49. The van der Waals surface area contributed by atoms with Crippen LogP contribution in [0.5, 0.6) is 0 Å². The number of rotatable bonds is 6. The number of epoxide rings is 1. The number of aliphatic hydroxyl groups excluding tert-OH is 1. The molecule has 6 heteroatoms. The fraction of sp³-hybridized carbons (Fsp3) is 0.750. The summed E-state index contributed by atoms with van der Waals surface area (Å²) in [7, 11) is -2.16. The molecule has 0 spiro atoms. The van der Waals surface area contributed by atoms with Crippen LogP contribution in [0, 0.1) is 22.7 Å². The third kappa shape index (κ3) is 2.51. The molecule has 0 radical (unpaired) electrons. The minimum absolute atomic E-state index is 0.00994. The topological polar surface area (TPSA) is 76.1 Å². The van der Waals surface area contributed by atoms with Crippen molar-refractivity contribution in [2.75, 3.05) is 13.2 Å². The van der Waals surface area contributed by atoms with Crippen molar-refractivity contribution in [1.82, 2.24) is 0 Å². The predicted molar refractivity (Wildman–Crippen MR) is 118 cm³/mol. The van der Waals surface area contributed by atoms with Gasteiger partial charge in [-0.1, -0.05) is 44.6 Å². The van der Waals surface area contributed by atoms with E-state index in [0.717, 1.165) is 12.0 Å². The summed E-state index contributed by atoms with van der Waals surface area (Å²) in [6, 6.07) is 0. The predicted octanol–water partition coefficient (Wildman–Crippen LogP) is 3.82. The Morgan fingerprint density at radius 2 is 1.83 bits per heavy atom. The van der Waals surface area contributed by atoms with Crippen LogP contribution in [-0.4, -0.2) is 49.9 Å². The van der Waals surface area contributed by atoms with Gasteiger partial charge in [-0.15, -0.1) is 0 Å². The summed E-state index contributed by atoms with van der Waals surface area (Å²) in [5.41, 5.74) is -2.18. The highest BCUT2D eigenvalue weighted by Crippen LogP contribution is 2.72. The lowest BCUT2D eigenvalue weighted by Crippen LogP contribution is -2.68. The van der Waals surface area contributed by atoms with Crippen molar-refractivity contribution < 1.29 is 23.9 Å². The number of allylic oxidation sites excluding steroid dienone is 3. The molecule has 2 saturated carbocycles. The Morgan fingerprint density at radius 3 is 2.37 bits per heavy atom. The van der Waals surface area contributed by atoms with Gasteiger partial charge in [0.2, 0.25) is 0 Å². The third-order valence-electron chi connectivity index (χ3n) is 8.84. The zero-order chi connectivity index (χ0) is 22.3. The Bertz CT molecular complexity index is 848. The summed E-state index contributed by atoms with van der Waals surface area (Å²) in [5, 5.41) is 10.7. The molecular weight excluding hydrogens is 396 g/mol. The highest BCUT2D eigenvalue weighted by Gasteiger charge is 2.85. The van der Waals surface area contributed by atoms with Crippen LogP contribution in [0.3, 0.4) is 0 Å². The Balaban J connectivity index is 1.78. The summed E-state index contributed by atoms with van der Waals surface area (Å²) in [4.78, 5) is 28.0. The van der Waals surface area contributed by atoms with E-state index in [9.17, 15) is 14.7 Å². The average molecular weight is 433 g/mol. The van der Waals surface area contributed by atoms with E-state index >= 15 is 0 Å². The normalized spacial score (nSPS) is 41.7. The van der Waals surface area contributed by atoms with Gasteiger partial charge in [0.25, 0.3) is 0 Å². The standard InChI is InChI=1S/C24H36O5Si/c1-15(2)10-11-24-19(29-24)18(26)23(14-28-30(6,7)21(3,4)5)17-9-8-16(12-17)22(23,13-25)20(24)27/h8-10,16-17,19,25H,11-14H2,1-7H3/t16-,17+,19-,22+,23-,24-/m0/s1. The zero-order valence-electron chi connectivity index (χ0n) is 19.4. The number of ether oxygens (including phenoxy) is 1. The first kappa shape index (κ1) is 22.1. The van der Waals surface area contributed by atoms with Crippen molar-refractivity contribution in [3.05, 3.63) is 23.8 Å². The summed E-state index contributed by atoms with van der Waals surface area (Å²) < 4.78 is 12.5. The number of carbonyl (C=O) groups excluding carboxylic acids is 2. The molecule has 3 fully saturated rings. The van der Waals surface area contributed by atoms with Crippen molar-refractivity contribution in [1.29, 1.82) is 0 Å². The van der Waals surface area contributed by atoms with Gasteiger partial charge < -0.3 is 14.3 Å². The number of hydrogen-bond donors (Lipinski definition) is 1. The van der Waals surface area contributed by atoms with E-state index < -0.39 is 30.9 Å². The van der Waals surface area contributed by atoms with Gasteiger partial charge >= 0.3 is 0 Å². The van der Waals surface area contributed by atoms with Crippen LogP contribution < -0.4 is 0 Å². The van der Waals surface area contributed by atoms with Crippen LogP contribution in [0.25, 0.3) is 0 Å². The van der Waals surface area contributed by atoms with Crippen molar-refractivity contribution in [3.8, 4) is 0 Å². The molecule has 30 heavy (non-hydrogen) atoms. The molecule has 0 amide bonds. The van der Waals surface area contributed by atoms with E-state index in [-0.39, 0.29) is 41.7 Å². The number of aliphatic hydroxyl groups is 1. The first-order valence-electron chi connectivity index (χ1n) is 11.1. The SMILES string of the molecule is CC(C)=CC[C@]12O[C@H]1C(=O)[C@]1(CO[Si](C)(C)C(C)(C)C)[C@@H]3C=C[C@@H](C3)[C@]1(CO)C2=O. The molecule has 0 aromatic rings. The Morgan fingerprint density at radius 1 is 1.23 bits per heavy atom. The molecule has 4 aliphatic rings. The molecule has 6 atom stereocenters. The second-order valence-electron chi connectivity index (χ2n) is 11.5. The van der Waals surface area contributed by atoms with Crippen LogP contribution in [-0.2, 0) is 18.8 Å². The molecule has 5 nitrogen and oxygen atoms in total. The van der Waals surface area contributed by atoms with Gasteiger partial charge in [-0.25, -0.2) is 0 Å². The maximum atomic E-state index is 14.1. The van der Waals surface area contributed by atoms with E-state index in [1.165, 1.54) is 0 Å². The van der Waals surface area contributed by atoms with Crippen LogP contribution in [0.1, 0.15) is 47.5 Å². The van der Waals surface area contributed by atoms with E-state index in [0.29, 0.717) is 6.42 Å². The second-order valence-corrected chi connectivity index (χ2v) is 16.4. The maximum Gasteiger partial charge on any atom is 0.192 e. The number of fused-ring (bicyclic) bond motifs is 6. The van der Waals surface area contributed by atoms with E-state index in [1.54, 1.807) is 0 Å². The molecular formula is C24H36O5Si. The summed E-state index contributed by atoms with van der Waals surface area (Å²) in [6.45, 7) is 14.6. The Hall–Kier alpha value is -1.08. The summed E-state index contributed by atoms with van der Waals surface area (Å²) in [5.74, 6) is -0.341. The highest BCUT2D eigenvalue weighted by atomic mass is 28.4. The fourth-order valence-electron chi connectivity index (χ4n) is 5.84. The molecule has 1 N–H and O–H groups in total. The fourth-order valence-corrected chi connectivity index (χ4v) is 6.86. The molecule has 2 bridgehead atoms. The monoisotopic (exact) mass is 432 g/mol. The zero-order valence-corrected chi connectivity index (χ0v) is 20.4. The van der Waals surface area contributed by atoms with Gasteiger partial charge in [-0.05, 0) is 50.2 Å². The van der Waals surface area contributed by atoms with Crippen molar-refractivity contribution >= 4 is 19.9 Å². The number of ketones is 2. The molecule has 4 rings (SSSR count). The first-order chi connectivity index (χ1) is 13.8. The minimum atomic E-state index is -2.16. The molecule has 3 aliphatic carbocycles. The number of Topliss-reactive ketones (excluding diaryl/α,β-unsaturated/α-hetero) is 2. The number of hydrogen-bond acceptors (Lipinski definition) is 5. The lowest BCUT2D eigenvalue weighted by atomic mass is 9.48. The highest BCUT2D eigenvalue weighted by molar-refractivity contribution is 6.74. The van der Waals surface area contributed by atoms with E-state index in [4.69, 9.17) is 9.16 Å². The molecule has 1 heterocycles. The largest absolute Gasteiger partial charge is 0.416 e. The van der Waals surface area contributed by atoms with Crippen molar-refractivity contribution in [2.24, 2.45) is 22.7 Å². The van der Waals surface area contributed by atoms with Gasteiger partial charge in [0, 0.05) is 13.0 Å². The molecule has 1 aliphatic heterocycles. The minimum Gasteiger partial charge on any atom is -0.416 e. The van der Waals surface area contributed by atoms with Crippen molar-refractivity contribution in [2.45, 2.75) is 77.3 Å². The summed E-state index contributed by atoms with van der Waals surface area (Å²) >= 11 is 0. The molecule has 0 aromatic carbocycles. The average Bonchev–Trinajstić information content (AvgIpc) is 3.08. The lowest BCUT2D eigenvalue weighted by Gasteiger charge is -2.52. The first-order valence-corrected chi connectivity index (χ1v) is 14.0. The van der Waals surface area contributed by atoms with Gasteiger partial charge in [0.05, 0.1) is 17.4 Å². The van der Waals surface area contributed by atoms with Crippen molar-refractivity contribution in [3.63, 3.8) is 0 Å². The molecule has 0 aromatic heterocycles. The van der Waals surface area contributed by atoms with Gasteiger partial charge in [-0.2, -0.15) is 0 Å². The van der Waals surface area contributed by atoms with Crippen LogP contribution in [0.4, 0.5) is 0 Å². The van der Waals surface area contributed by atoms with E-state index in [2.05, 4.69) is 39.9 Å². The molecule has 166 valence electrons. The quantitative estimate of drug-likeness (QED) is 0.392. The lowest BCUT2D eigenvalue weighted by molar-refractivity contribution is -0.166. The maximum absolute atomic E-state index is 14.1. The third-order valence-corrected chi connectivity index (χ3v) is 13.3. The smallest absolute Gasteiger partial charge is 0.192 e. The second kappa shape index (κ2) is 6.47. The van der Waals surface area contributed by atoms with Gasteiger partial charge in [0.15, 0.2) is 31.6 Å². The Labute approximate surface area is 181 Å². The van der Waals surface area contributed by atoms with E-state index in [1.807, 2.05) is 26.0 Å².